The van der Waals surface area contributed by atoms with Crippen LogP contribution in [0.15, 0.2) is 5.10 Å². The highest BCUT2D eigenvalue weighted by Crippen LogP contribution is 2.40. The van der Waals surface area contributed by atoms with E-state index in [1.165, 1.54) is 0 Å². The summed E-state index contributed by atoms with van der Waals surface area (Å²) in [4.78, 5) is 0. The van der Waals surface area contributed by atoms with Crippen molar-refractivity contribution >= 4 is 6.72 Å². The lowest BCUT2D eigenvalue weighted by Gasteiger charge is -2.25. The summed E-state index contributed by atoms with van der Waals surface area (Å²) in [6.07, 6.45) is 2.10. The molecule has 0 bridgehead atoms. The molecule has 1 N–H and O–H groups in total. The van der Waals surface area contributed by atoms with Crippen molar-refractivity contribution in [2.45, 2.75) is 39.2 Å². The largest absolute Gasteiger partial charge is 0.394 e. The van der Waals surface area contributed by atoms with E-state index in [1.807, 2.05) is 25.8 Å². The minimum Gasteiger partial charge on any atom is -0.394 e. The van der Waals surface area contributed by atoms with Gasteiger partial charge in [0, 0.05) is 13.3 Å². The number of rotatable bonds is 4. The Bertz CT molecular complexity index is 132. The van der Waals surface area contributed by atoms with E-state index < -0.39 is 0 Å². The normalized spacial score (nSPS) is 17.3. The minimum absolute atomic E-state index is 0.0312. The first-order valence-corrected chi connectivity index (χ1v) is 4.64. The molecule has 1 fully saturated rings. The Morgan fingerprint density at radius 1 is 1.50 bits per heavy atom. The van der Waals surface area contributed by atoms with Crippen LogP contribution in [-0.4, -0.2) is 35.5 Å². The third-order valence-electron chi connectivity index (χ3n) is 2.14. The van der Waals surface area contributed by atoms with Crippen molar-refractivity contribution < 1.29 is 5.11 Å². The Morgan fingerprint density at radius 3 is 2.08 bits per heavy atom. The zero-order chi connectivity index (χ0) is 9.61. The Kier molecular flexibility index (Phi) is 4.90. The van der Waals surface area contributed by atoms with Gasteiger partial charge in [0.1, 0.15) is 0 Å². The Labute approximate surface area is 75.1 Å². The molecule has 0 heterocycles. The van der Waals surface area contributed by atoms with Crippen LogP contribution in [0.1, 0.15) is 33.6 Å². The van der Waals surface area contributed by atoms with Gasteiger partial charge >= 0.3 is 0 Å². The average Bonchev–Trinajstić information content (AvgIpc) is 2.92. The van der Waals surface area contributed by atoms with Crippen molar-refractivity contribution in [2.24, 2.45) is 5.10 Å². The summed E-state index contributed by atoms with van der Waals surface area (Å²) in [7, 11) is 0. The van der Waals surface area contributed by atoms with Crippen molar-refractivity contribution in [1.29, 1.82) is 0 Å². The summed E-state index contributed by atoms with van der Waals surface area (Å²) < 4.78 is 0. The molecular formula is C9H20N2O. The molecule has 0 saturated heterocycles. The highest BCUT2D eigenvalue weighted by atomic mass is 16.3. The van der Waals surface area contributed by atoms with Crippen molar-refractivity contribution in [2.75, 3.05) is 13.2 Å². The van der Waals surface area contributed by atoms with E-state index >= 15 is 0 Å². The predicted octanol–water partition coefficient (Wildman–Crippen LogP) is 1.47. The van der Waals surface area contributed by atoms with Crippen LogP contribution in [-0.2, 0) is 0 Å². The van der Waals surface area contributed by atoms with Gasteiger partial charge in [-0.25, -0.2) is 0 Å². The second-order valence-electron chi connectivity index (χ2n) is 2.74. The van der Waals surface area contributed by atoms with Gasteiger partial charge in [0.2, 0.25) is 0 Å². The second kappa shape index (κ2) is 5.14. The van der Waals surface area contributed by atoms with Gasteiger partial charge in [-0.15, -0.1) is 0 Å². The quantitative estimate of drug-likeness (QED) is 0.515. The number of hydrogen-bond donors (Lipinski definition) is 1. The Balaban J connectivity index is 0.000000561. The fourth-order valence-electron chi connectivity index (χ4n) is 1.23. The van der Waals surface area contributed by atoms with E-state index in [9.17, 15) is 0 Å². The van der Waals surface area contributed by atoms with Gasteiger partial charge in [0.15, 0.2) is 0 Å². The topological polar surface area (TPSA) is 35.8 Å². The van der Waals surface area contributed by atoms with E-state index in [0.717, 1.165) is 19.4 Å². The summed E-state index contributed by atoms with van der Waals surface area (Å²) in [6.45, 7) is 10.5. The molecule has 3 heteroatoms. The van der Waals surface area contributed by atoms with Crippen LogP contribution in [0, 0.1) is 0 Å². The van der Waals surface area contributed by atoms with Gasteiger partial charge in [-0.3, -0.25) is 5.01 Å². The molecule has 0 aromatic heterocycles. The molecule has 1 aliphatic rings. The average molecular weight is 172 g/mol. The zero-order valence-electron chi connectivity index (χ0n) is 8.38. The van der Waals surface area contributed by atoms with Crippen LogP contribution in [0.2, 0.25) is 0 Å². The summed E-state index contributed by atoms with van der Waals surface area (Å²) in [5.74, 6) is 0. The monoisotopic (exact) mass is 172 g/mol. The molecule has 0 spiro atoms. The first kappa shape index (κ1) is 11.4. The first-order chi connectivity index (χ1) is 5.79. The van der Waals surface area contributed by atoms with Crippen LogP contribution in [0.5, 0.6) is 0 Å². The number of aliphatic hydroxyl groups is 1. The van der Waals surface area contributed by atoms with Gasteiger partial charge in [-0.2, -0.15) is 5.10 Å². The maximum Gasteiger partial charge on any atom is 0.0810 e. The number of likely N-dealkylation sites (N-methyl/N-ethyl adjacent to an activating group) is 1. The van der Waals surface area contributed by atoms with Gasteiger partial charge in [0.25, 0.3) is 0 Å². The maximum absolute atomic E-state index is 8.96. The highest BCUT2D eigenvalue weighted by molar-refractivity contribution is 5.23. The molecule has 1 saturated carbocycles. The van der Waals surface area contributed by atoms with Crippen LogP contribution in [0.4, 0.5) is 0 Å². The molecule has 0 radical (unpaired) electrons. The molecule has 0 aliphatic heterocycles. The van der Waals surface area contributed by atoms with Gasteiger partial charge in [-0.1, -0.05) is 13.8 Å². The van der Waals surface area contributed by atoms with Crippen LogP contribution >= 0.6 is 0 Å². The van der Waals surface area contributed by atoms with Crippen molar-refractivity contribution in [3.05, 3.63) is 0 Å². The number of aliphatic hydroxyl groups excluding tert-OH is 1. The van der Waals surface area contributed by atoms with Crippen molar-refractivity contribution in [3.63, 3.8) is 0 Å². The Morgan fingerprint density at radius 2 is 2.00 bits per heavy atom. The van der Waals surface area contributed by atoms with Crippen LogP contribution < -0.4 is 0 Å². The van der Waals surface area contributed by atoms with Gasteiger partial charge in [0.05, 0.1) is 12.1 Å². The van der Waals surface area contributed by atoms with Gasteiger partial charge in [-0.05, 0) is 19.8 Å². The molecule has 0 atom stereocenters. The fraction of sp³-hybridized carbons (Fsp3) is 0.889. The summed E-state index contributed by atoms with van der Waals surface area (Å²) in [6, 6.07) is 0. The smallest absolute Gasteiger partial charge is 0.0810 e. The molecule has 1 aliphatic carbocycles. The zero-order valence-corrected chi connectivity index (χ0v) is 8.38. The molecule has 0 unspecified atom stereocenters. The molecule has 12 heavy (non-hydrogen) atoms. The third kappa shape index (κ3) is 2.21. The molecular weight excluding hydrogens is 152 g/mol. The molecule has 0 amide bonds. The van der Waals surface area contributed by atoms with Gasteiger partial charge < -0.3 is 5.11 Å². The first-order valence-electron chi connectivity index (χ1n) is 4.64. The lowest BCUT2D eigenvalue weighted by molar-refractivity contribution is 0.115. The molecule has 72 valence electrons. The maximum atomic E-state index is 8.96. The van der Waals surface area contributed by atoms with E-state index in [2.05, 4.69) is 11.8 Å². The van der Waals surface area contributed by atoms with E-state index in [0.29, 0.717) is 0 Å². The number of hydrazone groups is 1. The van der Waals surface area contributed by atoms with Crippen LogP contribution in [0.3, 0.4) is 0 Å². The van der Waals surface area contributed by atoms with Crippen molar-refractivity contribution in [3.8, 4) is 0 Å². The summed E-state index contributed by atoms with van der Waals surface area (Å²) in [5, 5.41) is 14.7. The fourth-order valence-corrected chi connectivity index (χ4v) is 1.23. The molecule has 0 aromatic carbocycles. The summed E-state index contributed by atoms with van der Waals surface area (Å²) in [5.41, 5.74) is -0.0312. The summed E-state index contributed by atoms with van der Waals surface area (Å²) >= 11 is 0. The minimum atomic E-state index is -0.0312. The third-order valence-corrected chi connectivity index (χ3v) is 2.14. The van der Waals surface area contributed by atoms with Crippen LogP contribution in [0.25, 0.3) is 0 Å². The lowest BCUT2D eigenvalue weighted by atomic mass is 10.3. The molecule has 0 aromatic rings. The predicted molar refractivity (Wildman–Crippen MR) is 52.3 cm³/mol. The van der Waals surface area contributed by atoms with E-state index in [-0.39, 0.29) is 12.1 Å². The van der Waals surface area contributed by atoms with E-state index in [1.54, 1.807) is 0 Å². The van der Waals surface area contributed by atoms with E-state index in [4.69, 9.17) is 5.11 Å². The number of hydrogen-bond acceptors (Lipinski definition) is 3. The second-order valence-corrected chi connectivity index (χ2v) is 2.74. The highest BCUT2D eigenvalue weighted by Gasteiger charge is 2.46. The molecule has 1 rings (SSSR count). The number of nitrogens with zero attached hydrogens (tertiary/aromatic N) is 2. The van der Waals surface area contributed by atoms with Crippen molar-refractivity contribution in [1.82, 2.24) is 5.01 Å². The standard InChI is InChI=1S/C7H14N2O.C2H6/c1-3-9(8-2)7(6-10)4-5-7;1-2/h10H,2-6H2,1H3;1-2H3. The molecule has 3 nitrogen and oxygen atoms in total. The lowest BCUT2D eigenvalue weighted by Crippen LogP contribution is -2.35. The Hall–Kier alpha value is -0.570. The SMILES string of the molecule is C=NN(CC)C1(CO)CC1.CC.